The summed E-state index contributed by atoms with van der Waals surface area (Å²) in [5.74, 6) is -0.759. The highest BCUT2D eigenvalue weighted by Crippen LogP contribution is 2.32. The zero-order chi connectivity index (χ0) is 15.7. The molecule has 0 aromatic heterocycles. The highest BCUT2D eigenvalue weighted by molar-refractivity contribution is 6.32. The van der Waals surface area contributed by atoms with Crippen LogP contribution in [-0.4, -0.2) is 16.2 Å². The van der Waals surface area contributed by atoms with Gasteiger partial charge in [0.25, 0.3) is 0 Å². The van der Waals surface area contributed by atoms with Crippen molar-refractivity contribution >= 4 is 28.3 Å². The molecule has 3 aromatic carbocycles. The molecule has 0 amide bonds. The minimum atomic E-state index is -0.726. The molecule has 0 saturated carbocycles. The van der Waals surface area contributed by atoms with E-state index in [0.29, 0.717) is 15.8 Å². The van der Waals surface area contributed by atoms with Gasteiger partial charge < -0.3 is 14.9 Å². The lowest BCUT2D eigenvalue weighted by Gasteiger charge is -2.09. The molecule has 0 aliphatic rings. The van der Waals surface area contributed by atoms with Gasteiger partial charge in [-0.3, -0.25) is 0 Å². The Bertz CT molecular complexity index is 874. The fraction of sp³-hybridized carbons (Fsp3) is 0. The SMILES string of the molecule is O=C(Oc1ccccc1Cl)c1cc2cccc(O)c2cc1O. The number of rotatable bonds is 2. The fourth-order valence-electron chi connectivity index (χ4n) is 2.14. The molecule has 22 heavy (non-hydrogen) atoms. The molecule has 0 aliphatic heterocycles. The summed E-state index contributed by atoms with van der Waals surface area (Å²) >= 11 is 5.94. The Morgan fingerprint density at radius 3 is 2.50 bits per heavy atom. The van der Waals surface area contributed by atoms with E-state index in [1.165, 1.54) is 18.2 Å². The number of phenols is 2. The van der Waals surface area contributed by atoms with E-state index in [0.717, 1.165) is 0 Å². The van der Waals surface area contributed by atoms with E-state index in [2.05, 4.69) is 0 Å². The van der Waals surface area contributed by atoms with Gasteiger partial charge in [-0.15, -0.1) is 0 Å². The summed E-state index contributed by atoms with van der Waals surface area (Å²) < 4.78 is 5.20. The molecule has 0 unspecified atom stereocenters. The van der Waals surface area contributed by atoms with Gasteiger partial charge in [0.1, 0.15) is 22.8 Å². The second kappa shape index (κ2) is 5.58. The second-order valence-electron chi connectivity index (χ2n) is 4.69. The van der Waals surface area contributed by atoms with Crippen LogP contribution in [0.1, 0.15) is 10.4 Å². The lowest BCUT2D eigenvalue weighted by atomic mass is 10.1. The maximum Gasteiger partial charge on any atom is 0.347 e. The summed E-state index contributed by atoms with van der Waals surface area (Å²) in [6, 6.07) is 14.2. The van der Waals surface area contributed by atoms with Gasteiger partial charge in [-0.1, -0.05) is 35.9 Å². The quantitative estimate of drug-likeness (QED) is 0.551. The average molecular weight is 315 g/mol. The second-order valence-corrected chi connectivity index (χ2v) is 5.09. The standard InChI is InChI=1S/C17H11ClO4/c18-13-5-1-2-7-16(13)22-17(21)12-8-10-4-3-6-14(19)11(10)9-15(12)20/h1-9,19-20H. The van der Waals surface area contributed by atoms with Crippen LogP contribution in [0.25, 0.3) is 10.8 Å². The van der Waals surface area contributed by atoms with Gasteiger partial charge in [-0.2, -0.15) is 0 Å². The zero-order valence-corrected chi connectivity index (χ0v) is 12.0. The number of halogens is 1. The summed E-state index contributed by atoms with van der Waals surface area (Å²) in [6.45, 7) is 0. The lowest BCUT2D eigenvalue weighted by Crippen LogP contribution is -2.09. The van der Waals surface area contributed by atoms with E-state index in [4.69, 9.17) is 16.3 Å². The van der Waals surface area contributed by atoms with Crippen LogP contribution in [0.4, 0.5) is 0 Å². The summed E-state index contributed by atoms with van der Waals surface area (Å²) in [7, 11) is 0. The number of carbonyl (C=O) groups excluding carboxylic acids is 1. The van der Waals surface area contributed by atoms with E-state index in [1.807, 2.05) is 0 Å². The number of hydrogen-bond donors (Lipinski definition) is 2. The molecule has 0 heterocycles. The van der Waals surface area contributed by atoms with Gasteiger partial charge in [0.2, 0.25) is 0 Å². The molecule has 2 N–H and O–H groups in total. The minimum Gasteiger partial charge on any atom is -0.507 e. The lowest BCUT2D eigenvalue weighted by molar-refractivity contribution is 0.0732. The molecule has 5 heteroatoms. The first-order chi connectivity index (χ1) is 10.6. The monoisotopic (exact) mass is 314 g/mol. The molecule has 3 aromatic rings. The molecule has 0 saturated heterocycles. The third-order valence-electron chi connectivity index (χ3n) is 3.23. The van der Waals surface area contributed by atoms with Gasteiger partial charge >= 0.3 is 5.97 Å². The molecular formula is C17H11ClO4. The Morgan fingerprint density at radius 1 is 0.955 bits per heavy atom. The first-order valence-electron chi connectivity index (χ1n) is 6.47. The van der Waals surface area contributed by atoms with Crippen molar-refractivity contribution < 1.29 is 19.7 Å². The van der Waals surface area contributed by atoms with Crippen molar-refractivity contribution in [2.75, 3.05) is 0 Å². The Labute approximate surface area is 131 Å². The number of hydrogen-bond acceptors (Lipinski definition) is 4. The number of ether oxygens (including phenoxy) is 1. The van der Waals surface area contributed by atoms with Crippen molar-refractivity contribution in [2.45, 2.75) is 0 Å². The molecule has 0 fully saturated rings. The van der Waals surface area contributed by atoms with Crippen LogP contribution in [0.15, 0.2) is 54.6 Å². The number of benzene rings is 3. The Balaban J connectivity index is 2.01. The maximum absolute atomic E-state index is 12.2. The topological polar surface area (TPSA) is 66.8 Å². The normalized spacial score (nSPS) is 10.6. The molecule has 0 atom stereocenters. The highest BCUT2D eigenvalue weighted by atomic mass is 35.5. The van der Waals surface area contributed by atoms with Crippen molar-refractivity contribution in [2.24, 2.45) is 0 Å². The van der Waals surface area contributed by atoms with Crippen molar-refractivity contribution in [3.05, 3.63) is 65.2 Å². The van der Waals surface area contributed by atoms with Crippen LogP contribution in [0, 0.1) is 0 Å². The van der Waals surface area contributed by atoms with Crippen LogP contribution in [0.2, 0.25) is 5.02 Å². The largest absolute Gasteiger partial charge is 0.507 e. The zero-order valence-electron chi connectivity index (χ0n) is 11.3. The number of esters is 1. The fourth-order valence-corrected chi connectivity index (χ4v) is 2.32. The Kier molecular flexibility index (Phi) is 3.61. The molecule has 4 nitrogen and oxygen atoms in total. The van der Waals surface area contributed by atoms with Crippen LogP contribution >= 0.6 is 11.6 Å². The average Bonchev–Trinajstić information content (AvgIpc) is 2.50. The van der Waals surface area contributed by atoms with Crippen molar-refractivity contribution in [3.63, 3.8) is 0 Å². The van der Waals surface area contributed by atoms with E-state index in [-0.39, 0.29) is 22.8 Å². The minimum absolute atomic E-state index is 0.00183. The van der Waals surface area contributed by atoms with Crippen LogP contribution in [0.3, 0.4) is 0 Å². The summed E-state index contributed by atoms with van der Waals surface area (Å²) in [6.07, 6.45) is 0. The molecular weight excluding hydrogens is 304 g/mol. The number of fused-ring (bicyclic) bond motifs is 1. The summed E-state index contributed by atoms with van der Waals surface area (Å²) in [5.41, 5.74) is -0.00183. The molecule has 3 rings (SSSR count). The van der Waals surface area contributed by atoms with Gasteiger partial charge in [0.05, 0.1) is 5.02 Å². The van der Waals surface area contributed by atoms with Crippen LogP contribution in [-0.2, 0) is 0 Å². The van der Waals surface area contributed by atoms with Gasteiger partial charge in [-0.25, -0.2) is 4.79 Å². The number of phenolic OH excluding ortho intramolecular Hbond substituents is 2. The van der Waals surface area contributed by atoms with Crippen LogP contribution in [0.5, 0.6) is 17.2 Å². The first kappa shape index (κ1) is 14.2. The third-order valence-corrected chi connectivity index (χ3v) is 3.55. The van der Waals surface area contributed by atoms with Crippen molar-refractivity contribution in [3.8, 4) is 17.2 Å². The van der Waals surface area contributed by atoms with Crippen molar-refractivity contribution in [1.29, 1.82) is 0 Å². The third kappa shape index (κ3) is 2.56. The van der Waals surface area contributed by atoms with E-state index >= 15 is 0 Å². The highest BCUT2D eigenvalue weighted by Gasteiger charge is 2.17. The van der Waals surface area contributed by atoms with Crippen LogP contribution < -0.4 is 4.74 Å². The first-order valence-corrected chi connectivity index (χ1v) is 6.85. The molecule has 0 radical (unpaired) electrons. The Hall–Kier alpha value is -2.72. The maximum atomic E-state index is 12.2. The van der Waals surface area contributed by atoms with E-state index in [9.17, 15) is 15.0 Å². The predicted octanol–water partition coefficient (Wildman–Crippen LogP) is 4.12. The molecule has 0 aliphatic carbocycles. The Morgan fingerprint density at radius 2 is 1.73 bits per heavy atom. The summed E-state index contributed by atoms with van der Waals surface area (Å²) in [4.78, 5) is 12.2. The van der Waals surface area contributed by atoms with E-state index < -0.39 is 5.97 Å². The smallest absolute Gasteiger partial charge is 0.347 e. The molecule has 0 spiro atoms. The molecule has 110 valence electrons. The number of aromatic hydroxyl groups is 2. The van der Waals surface area contributed by atoms with Gasteiger partial charge in [0, 0.05) is 5.39 Å². The van der Waals surface area contributed by atoms with Gasteiger partial charge in [0.15, 0.2) is 0 Å². The number of para-hydroxylation sites is 1. The molecule has 0 bridgehead atoms. The van der Waals surface area contributed by atoms with Crippen molar-refractivity contribution in [1.82, 2.24) is 0 Å². The van der Waals surface area contributed by atoms with E-state index in [1.54, 1.807) is 36.4 Å². The van der Waals surface area contributed by atoms with Gasteiger partial charge in [-0.05, 0) is 35.7 Å². The predicted molar refractivity (Wildman–Crippen MR) is 83.7 cm³/mol. The summed E-state index contributed by atoms with van der Waals surface area (Å²) in [5, 5.41) is 21.1. The number of carbonyl (C=O) groups is 1.